The highest BCUT2D eigenvalue weighted by molar-refractivity contribution is 6.29. The van der Waals surface area contributed by atoms with Gasteiger partial charge in [0.15, 0.2) is 11.5 Å². The van der Waals surface area contributed by atoms with Crippen LogP contribution in [0.2, 0.25) is 5.15 Å². The molecule has 0 amide bonds. The summed E-state index contributed by atoms with van der Waals surface area (Å²) in [5, 5.41) is 22.6. The van der Waals surface area contributed by atoms with Gasteiger partial charge in [0.1, 0.15) is 11.2 Å². The van der Waals surface area contributed by atoms with Crippen LogP contribution >= 0.6 is 11.6 Å². The summed E-state index contributed by atoms with van der Waals surface area (Å²) < 4.78 is 7.29. The normalized spacial score (nSPS) is 20.5. The first-order chi connectivity index (χ1) is 10.6. The van der Waals surface area contributed by atoms with Gasteiger partial charge in [-0.25, -0.2) is 9.67 Å². The smallest absolute Gasteiger partial charge is 0.163 e. The second-order valence-corrected chi connectivity index (χ2v) is 5.51. The molecule has 0 spiro atoms. The van der Waals surface area contributed by atoms with Crippen LogP contribution in [0.5, 0.6) is 0 Å². The van der Waals surface area contributed by atoms with E-state index >= 15 is 0 Å². The van der Waals surface area contributed by atoms with Crippen LogP contribution in [0.3, 0.4) is 0 Å². The van der Waals surface area contributed by atoms with Crippen molar-refractivity contribution in [3.63, 3.8) is 0 Å². The van der Waals surface area contributed by atoms with Crippen molar-refractivity contribution in [1.82, 2.24) is 14.8 Å². The fraction of sp³-hybridized carbons (Fsp3) is 0.333. The Morgan fingerprint density at radius 1 is 1.41 bits per heavy atom. The molecular formula is C15H12ClN5O. The number of halogens is 1. The van der Waals surface area contributed by atoms with Gasteiger partial charge in [-0.3, -0.25) is 0 Å². The minimum atomic E-state index is -0.224. The maximum atomic E-state index is 9.02. The summed E-state index contributed by atoms with van der Waals surface area (Å²) in [6, 6.07) is 9.44. The van der Waals surface area contributed by atoms with E-state index in [9.17, 15) is 0 Å². The van der Waals surface area contributed by atoms with E-state index in [0.29, 0.717) is 29.7 Å². The van der Waals surface area contributed by atoms with E-state index < -0.39 is 0 Å². The van der Waals surface area contributed by atoms with Crippen LogP contribution < -0.4 is 0 Å². The van der Waals surface area contributed by atoms with Crippen molar-refractivity contribution in [2.24, 2.45) is 5.92 Å². The van der Waals surface area contributed by atoms with Crippen LogP contribution in [0.15, 0.2) is 18.2 Å². The van der Waals surface area contributed by atoms with Crippen LogP contribution in [0.1, 0.15) is 29.5 Å². The van der Waals surface area contributed by atoms with Gasteiger partial charge in [-0.1, -0.05) is 11.6 Å². The number of hydrogen-bond acceptors (Lipinski definition) is 5. The Hall–Kier alpha value is -2.41. The van der Waals surface area contributed by atoms with E-state index in [4.69, 9.17) is 26.9 Å². The van der Waals surface area contributed by atoms with E-state index in [0.717, 1.165) is 11.3 Å². The average Bonchev–Trinajstić information content (AvgIpc) is 3.13. The summed E-state index contributed by atoms with van der Waals surface area (Å²) in [5.41, 5.74) is 1.91. The van der Waals surface area contributed by atoms with Crippen LogP contribution in [0.4, 0.5) is 0 Å². The lowest BCUT2D eigenvalue weighted by atomic mass is 10.0. The second kappa shape index (κ2) is 5.76. The van der Waals surface area contributed by atoms with Gasteiger partial charge in [0.05, 0.1) is 24.7 Å². The summed E-state index contributed by atoms with van der Waals surface area (Å²) >= 11 is 6.01. The van der Waals surface area contributed by atoms with Crippen LogP contribution in [-0.2, 0) is 4.74 Å². The molecule has 0 radical (unpaired) electrons. The molecule has 0 bridgehead atoms. The molecule has 2 aromatic rings. The Morgan fingerprint density at radius 3 is 2.86 bits per heavy atom. The number of pyridine rings is 1. The first kappa shape index (κ1) is 14.5. The van der Waals surface area contributed by atoms with Crippen molar-refractivity contribution in [3.8, 4) is 18.0 Å². The number of hydrogen-bond donors (Lipinski definition) is 0. The summed E-state index contributed by atoms with van der Waals surface area (Å²) in [5.74, 6) is 0.414. The van der Waals surface area contributed by atoms with Gasteiger partial charge >= 0.3 is 0 Å². The Kier molecular flexibility index (Phi) is 3.81. The Balaban J connectivity index is 2.07. The highest BCUT2D eigenvalue weighted by Crippen LogP contribution is 2.35. The molecule has 6 nitrogen and oxygen atoms in total. The Labute approximate surface area is 132 Å². The number of rotatable bonds is 2. The maximum absolute atomic E-state index is 9.02. The van der Waals surface area contributed by atoms with Crippen molar-refractivity contribution < 1.29 is 4.74 Å². The molecular weight excluding hydrogens is 302 g/mol. The van der Waals surface area contributed by atoms with E-state index in [1.54, 1.807) is 16.8 Å². The fourth-order valence-electron chi connectivity index (χ4n) is 2.53. The fourth-order valence-corrected chi connectivity index (χ4v) is 2.68. The maximum Gasteiger partial charge on any atom is 0.163 e. The summed E-state index contributed by atoms with van der Waals surface area (Å²) in [4.78, 5) is 4.34. The number of nitrogens with zero attached hydrogens (tertiary/aromatic N) is 5. The zero-order valence-corrected chi connectivity index (χ0v) is 12.6. The van der Waals surface area contributed by atoms with E-state index in [1.165, 1.54) is 0 Å². The zero-order chi connectivity index (χ0) is 15.7. The molecule has 3 rings (SSSR count). The lowest BCUT2D eigenvalue weighted by Crippen LogP contribution is -2.09. The topological polar surface area (TPSA) is 87.5 Å². The third-order valence-electron chi connectivity index (χ3n) is 3.60. The van der Waals surface area contributed by atoms with Crippen LogP contribution in [-0.4, -0.2) is 21.4 Å². The molecule has 3 heterocycles. The lowest BCUT2D eigenvalue weighted by Gasteiger charge is -2.15. The van der Waals surface area contributed by atoms with Crippen molar-refractivity contribution in [3.05, 3.63) is 40.3 Å². The van der Waals surface area contributed by atoms with Gasteiger partial charge < -0.3 is 4.74 Å². The molecule has 0 N–H and O–H groups in total. The lowest BCUT2D eigenvalue weighted by molar-refractivity contribution is 0.109. The molecule has 1 aliphatic rings. The zero-order valence-electron chi connectivity index (χ0n) is 11.8. The Morgan fingerprint density at radius 2 is 2.23 bits per heavy atom. The summed E-state index contributed by atoms with van der Waals surface area (Å²) in [7, 11) is 0. The van der Waals surface area contributed by atoms with Gasteiger partial charge in [0.25, 0.3) is 0 Å². The van der Waals surface area contributed by atoms with Gasteiger partial charge in [-0.15, -0.1) is 0 Å². The molecule has 1 saturated heterocycles. The molecule has 22 heavy (non-hydrogen) atoms. The van der Waals surface area contributed by atoms with Gasteiger partial charge in [0.2, 0.25) is 0 Å². The van der Waals surface area contributed by atoms with Gasteiger partial charge in [-0.2, -0.15) is 15.6 Å². The minimum Gasteiger partial charge on any atom is -0.372 e. The van der Waals surface area contributed by atoms with Gasteiger partial charge in [0, 0.05) is 11.3 Å². The predicted molar refractivity (Wildman–Crippen MR) is 78.2 cm³/mol. The standard InChI is InChI=1S/C15H12ClN5O/c1-9-4-11(7-18)20-21(9)15-12(2-3-14(16)19-15)13-5-10(6-17)8-22-13/h2-4,10,13H,5,8H2,1H3. The molecule has 7 heteroatoms. The average molecular weight is 314 g/mol. The largest absolute Gasteiger partial charge is 0.372 e. The number of ether oxygens (including phenoxy) is 1. The third kappa shape index (κ3) is 2.55. The molecule has 0 saturated carbocycles. The molecule has 2 atom stereocenters. The highest BCUT2D eigenvalue weighted by atomic mass is 35.5. The first-order valence-corrected chi connectivity index (χ1v) is 7.15. The van der Waals surface area contributed by atoms with Crippen molar-refractivity contribution >= 4 is 11.6 Å². The van der Waals surface area contributed by atoms with E-state index in [1.807, 2.05) is 19.1 Å². The Bertz CT molecular complexity index is 801. The predicted octanol–water partition coefficient (Wildman–Crippen LogP) is 2.70. The number of aryl methyl sites for hydroxylation is 1. The summed E-state index contributed by atoms with van der Waals surface area (Å²) in [6.45, 7) is 2.25. The quantitative estimate of drug-likeness (QED) is 0.795. The molecule has 1 fully saturated rings. The second-order valence-electron chi connectivity index (χ2n) is 5.13. The molecule has 2 aromatic heterocycles. The number of aromatic nitrogens is 3. The monoisotopic (exact) mass is 313 g/mol. The van der Waals surface area contributed by atoms with Crippen LogP contribution in [0, 0.1) is 35.5 Å². The summed E-state index contributed by atoms with van der Waals surface area (Å²) in [6.07, 6.45) is 0.386. The van der Waals surface area contributed by atoms with Crippen molar-refractivity contribution in [1.29, 1.82) is 10.5 Å². The van der Waals surface area contributed by atoms with Crippen molar-refractivity contribution in [2.75, 3.05) is 6.61 Å². The third-order valence-corrected chi connectivity index (χ3v) is 3.81. The highest BCUT2D eigenvalue weighted by Gasteiger charge is 2.29. The van der Waals surface area contributed by atoms with Gasteiger partial charge in [-0.05, 0) is 31.5 Å². The van der Waals surface area contributed by atoms with Crippen LogP contribution in [0.25, 0.3) is 5.82 Å². The SMILES string of the molecule is Cc1cc(C#N)nn1-c1nc(Cl)ccc1C1CC(C#N)CO1. The minimum absolute atomic E-state index is 0.123. The van der Waals surface area contributed by atoms with Crippen molar-refractivity contribution in [2.45, 2.75) is 19.4 Å². The first-order valence-electron chi connectivity index (χ1n) is 6.77. The molecule has 2 unspecified atom stereocenters. The number of nitriles is 2. The molecule has 0 aromatic carbocycles. The van der Waals surface area contributed by atoms with E-state index in [2.05, 4.69) is 16.2 Å². The molecule has 1 aliphatic heterocycles. The molecule has 110 valence electrons. The molecule has 0 aliphatic carbocycles. The van der Waals surface area contributed by atoms with E-state index in [-0.39, 0.29) is 12.0 Å².